The number of H-pyrrole nitrogens is 1. The molecule has 0 amide bonds. The molecule has 23 heavy (non-hydrogen) atoms. The third-order valence-electron chi connectivity index (χ3n) is 4.23. The van der Waals surface area contributed by atoms with Crippen molar-refractivity contribution in [1.82, 2.24) is 4.98 Å². The number of pyridine rings is 1. The summed E-state index contributed by atoms with van der Waals surface area (Å²) in [5.74, 6) is -0.747. The SMILES string of the molecule is CCCC1(C(F)(F)F)c2cc(F)ccc2Nc2c1cc[nH]c2=O. The highest BCUT2D eigenvalue weighted by molar-refractivity contribution is 5.75. The van der Waals surface area contributed by atoms with Crippen molar-refractivity contribution in [2.45, 2.75) is 31.4 Å². The zero-order valence-corrected chi connectivity index (χ0v) is 12.2. The monoisotopic (exact) mass is 326 g/mol. The molecule has 3 rings (SSSR count). The van der Waals surface area contributed by atoms with E-state index in [9.17, 15) is 22.4 Å². The van der Waals surface area contributed by atoms with Crippen LogP contribution in [0.4, 0.5) is 28.9 Å². The largest absolute Gasteiger partial charge is 0.402 e. The average Bonchev–Trinajstić information content (AvgIpc) is 2.47. The van der Waals surface area contributed by atoms with E-state index < -0.39 is 23.0 Å². The highest BCUT2D eigenvalue weighted by Crippen LogP contribution is 2.55. The number of alkyl halides is 3. The first-order valence-electron chi connectivity index (χ1n) is 7.17. The molecule has 122 valence electrons. The zero-order chi connectivity index (χ0) is 16.8. The van der Waals surface area contributed by atoms with Crippen molar-refractivity contribution in [3.63, 3.8) is 0 Å². The van der Waals surface area contributed by atoms with Crippen LogP contribution in [0.25, 0.3) is 0 Å². The van der Waals surface area contributed by atoms with Gasteiger partial charge in [-0.05, 0) is 36.2 Å². The molecule has 0 bridgehead atoms. The molecule has 1 atom stereocenters. The molecule has 7 heteroatoms. The quantitative estimate of drug-likeness (QED) is 0.812. The van der Waals surface area contributed by atoms with Crippen molar-refractivity contribution in [3.8, 4) is 0 Å². The predicted octanol–water partition coefficient (Wildman–Crippen LogP) is 4.22. The molecular formula is C16H14F4N2O. The number of hydrogen-bond acceptors (Lipinski definition) is 2. The Balaban J connectivity index is 2.44. The summed E-state index contributed by atoms with van der Waals surface area (Å²) < 4.78 is 56.1. The normalized spacial score (nSPS) is 19.7. The van der Waals surface area contributed by atoms with Gasteiger partial charge >= 0.3 is 6.18 Å². The van der Waals surface area contributed by atoms with Gasteiger partial charge < -0.3 is 10.3 Å². The summed E-state index contributed by atoms with van der Waals surface area (Å²) in [6.45, 7) is 1.63. The maximum Gasteiger partial charge on any atom is 0.402 e. The molecule has 0 spiro atoms. The third-order valence-corrected chi connectivity index (χ3v) is 4.23. The van der Waals surface area contributed by atoms with E-state index in [1.165, 1.54) is 18.3 Å². The number of nitrogens with one attached hydrogen (secondary N) is 2. The molecule has 0 saturated heterocycles. The highest BCUT2D eigenvalue weighted by atomic mass is 19.4. The van der Waals surface area contributed by atoms with Crippen molar-refractivity contribution in [2.75, 3.05) is 5.32 Å². The third kappa shape index (κ3) is 2.14. The van der Waals surface area contributed by atoms with Crippen LogP contribution in [0.3, 0.4) is 0 Å². The number of hydrogen-bond donors (Lipinski definition) is 2. The zero-order valence-electron chi connectivity index (χ0n) is 12.2. The number of fused-ring (bicyclic) bond motifs is 2. The van der Waals surface area contributed by atoms with E-state index in [4.69, 9.17) is 0 Å². The van der Waals surface area contributed by atoms with Gasteiger partial charge in [-0.1, -0.05) is 13.3 Å². The summed E-state index contributed by atoms with van der Waals surface area (Å²) in [6.07, 6.45) is -3.54. The maximum absolute atomic E-state index is 14.1. The number of halogens is 4. The molecular weight excluding hydrogens is 312 g/mol. The summed E-state index contributed by atoms with van der Waals surface area (Å²) in [5.41, 5.74) is -3.45. The van der Waals surface area contributed by atoms with Crippen LogP contribution in [0.5, 0.6) is 0 Å². The lowest BCUT2D eigenvalue weighted by Crippen LogP contribution is -2.47. The minimum absolute atomic E-state index is 0.0985. The molecule has 2 N–H and O–H groups in total. The van der Waals surface area contributed by atoms with Gasteiger partial charge in [0.15, 0.2) is 0 Å². The fourth-order valence-corrected chi connectivity index (χ4v) is 3.31. The van der Waals surface area contributed by atoms with Crippen LogP contribution in [-0.2, 0) is 5.41 Å². The molecule has 1 unspecified atom stereocenters. The van der Waals surface area contributed by atoms with Gasteiger partial charge in [0.25, 0.3) is 5.56 Å². The Bertz CT molecular complexity index is 812. The average molecular weight is 326 g/mol. The first kappa shape index (κ1) is 15.6. The molecule has 1 aliphatic rings. The molecule has 2 heterocycles. The molecule has 0 saturated carbocycles. The smallest absolute Gasteiger partial charge is 0.351 e. The van der Waals surface area contributed by atoms with Crippen LogP contribution in [0.1, 0.15) is 30.9 Å². The van der Waals surface area contributed by atoms with Gasteiger partial charge in [0.05, 0.1) is 0 Å². The second-order valence-electron chi connectivity index (χ2n) is 5.56. The van der Waals surface area contributed by atoms with E-state index in [0.29, 0.717) is 0 Å². The fraction of sp³-hybridized carbons (Fsp3) is 0.312. The Kier molecular flexibility index (Phi) is 3.46. The summed E-state index contributed by atoms with van der Waals surface area (Å²) in [4.78, 5) is 14.4. The minimum atomic E-state index is -4.67. The Labute approximate surface area is 129 Å². The predicted molar refractivity (Wildman–Crippen MR) is 78.5 cm³/mol. The van der Waals surface area contributed by atoms with Crippen molar-refractivity contribution in [1.29, 1.82) is 0 Å². The number of rotatable bonds is 2. The van der Waals surface area contributed by atoms with Gasteiger partial charge in [-0.3, -0.25) is 4.79 Å². The van der Waals surface area contributed by atoms with Crippen molar-refractivity contribution in [2.24, 2.45) is 0 Å². The number of aromatic amines is 1. The second kappa shape index (κ2) is 5.11. The first-order valence-corrected chi connectivity index (χ1v) is 7.17. The molecule has 1 aromatic carbocycles. The lowest BCUT2D eigenvalue weighted by molar-refractivity contribution is -0.180. The van der Waals surface area contributed by atoms with Gasteiger partial charge in [0.2, 0.25) is 0 Å². The minimum Gasteiger partial charge on any atom is -0.351 e. The lowest BCUT2D eigenvalue weighted by Gasteiger charge is -2.41. The first-order chi connectivity index (χ1) is 10.8. The van der Waals surface area contributed by atoms with Gasteiger partial charge in [0, 0.05) is 17.4 Å². The van der Waals surface area contributed by atoms with Gasteiger partial charge in [-0.2, -0.15) is 13.2 Å². The Morgan fingerprint density at radius 1 is 1.17 bits per heavy atom. The highest BCUT2D eigenvalue weighted by Gasteiger charge is 2.59. The van der Waals surface area contributed by atoms with E-state index in [1.807, 2.05) is 0 Å². The van der Waals surface area contributed by atoms with Crippen LogP contribution in [-0.4, -0.2) is 11.2 Å². The number of anilines is 2. The van der Waals surface area contributed by atoms with E-state index in [0.717, 1.165) is 12.1 Å². The van der Waals surface area contributed by atoms with Crippen LogP contribution in [0.15, 0.2) is 35.3 Å². The molecule has 0 radical (unpaired) electrons. The van der Waals surface area contributed by atoms with Gasteiger partial charge in [0.1, 0.15) is 16.9 Å². The Morgan fingerprint density at radius 2 is 1.91 bits per heavy atom. The molecule has 0 aliphatic carbocycles. The summed E-state index contributed by atoms with van der Waals surface area (Å²) >= 11 is 0. The summed E-state index contributed by atoms with van der Waals surface area (Å²) in [7, 11) is 0. The number of benzene rings is 1. The number of aromatic nitrogens is 1. The van der Waals surface area contributed by atoms with E-state index in [1.54, 1.807) is 6.92 Å². The van der Waals surface area contributed by atoms with Gasteiger partial charge in [-0.25, -0.2) is 4.39 Å². The van der Waals surface area contributed by atoms with Gasteiger partial charge in [-0.15, -0.1) is 0 Å². The summed E-state index contributed by atoms with van der Waals surface area (Å²) in [5, 5.41) is 2.71. The van der Waals surface area contributed by atoms with E-state index in [-0.39, 0.29) is 35.3 Å². The Hall–Kier alpha value is -2.31. The maximum atomic E-state index is 14.1. The Morgan fingerprint density at radius 3 is 2.57 bits per heavy atom. The van der Waals surface area contributed by atoms with Crippen LogP contribution in [0.2, 0.25) is 0 Å². The molecule has 2 aromatic rings. The van der Waals surface area contributed by atoms with E-state index in [2.05, 4.69) is 10.3 Å². The molecule has 3 nitrogen and oxygen atoms in total. The lowest BCUT2D eigenvalue weighted by atomic mass is 9.68. The molecule has 1 aromatic heterocycles. The van der Waals surface area contributed by atoms with E-state index >= 15 is 0 Å². The van der Waals surface area contributed by atoms with Crippen molar-refractivity contribution < 1.29 is 17.6 Å². The topological polar surface area (TPSA) is 44.9 Å². The van der Waals surface area contributed by atoms with Crippen molar-refractivity contribution >= 4 is 11.4 Å². The standard InChI is InChI=1S/C16H14F4N2O/c1-2-6-15(16(18,19)20)10-5-7-21-14(23)13(10)22-12-4-3-9(17)8-11(12)15/h3-5,7-8,22H,2,6H2,1H3,(H,21,23). The molecule has 0 fully saturated rings. The van der Waals surface area contributed by atoms with Crippen LogP contribution in [0, 0.1) is 5.82 Å². The molecule has 1 aliphatic heterocycles. The summed E-state index contributed by atoms with van der Waals surface area (Å²) in [6, 6.07) is 4.44. The fourth-order valence-electron chi connectivity index (χ4n) is 3.31. The van der Waals surface area contributed by atoms with Crippen LogP contribution >= 0.6 is 0 Å². The second-order valence-corrected chi connectivity index (χ2v) is 5.56. The van der Waals surface area contributed by atoms with Crippen molar-refractivity contribution in [3.05, 3.63) is 57.8 Å². The van der Waals surface area contributed by atoms with Crippen LogP contribution < -0.4 is 10.9 Å².